The number of thiocarbonyl (C=S) groups is 1. The number of hydrogen-bond acceptors (Lipinski definition) is 4. The van der Waals surface area contributed by atoms with Gasteiger partial charge in [0.05, 0.1) is 12.2 Å². The van der Waals surface area contributed by atoms with E-state index in [4.69, 9.17) is 12.2 Å². The Balaban J connectivity index is 1.29. The fourth-order valence-electron chi connectivity index (χ4n) is 5.23. The molecular formula is C30H33N5OS. The third-order valence-electron chi connectivity index (χ3n) is 7.29. The van der Waals surface area contributed by atoms with E-state index >= 15 is 0 Å². The molecule has 1 aromatic heterocycles. The molecule has 7 heteroatoms. The SMILES string of the molecule is Cc1cccc(C)c1NC(=S)N=Nc1c(O)n(CN2CCC(Cc3ccccc3)CC2)c2ccccc12. The molecule has 1 aliphatic rings. The monoisotopic (exact) mass is 511 g/mol. The number of hydrogen-bond donors (Lipinski definition) is 2. The van der Waals surface area contributed by atoms with Gasteiger partial charge in [0.2, 0.25) is 11.0 Å². The molecule has 2 heterocycles. The molecule has 37 heavy (non-hydrogen) atoms. The number of anilines is 1. The van der Waals surface area contributed by atoms with Crippen LogP contribution in [-0.4, -0.2) is 32.8 Å². The molecule has 0 spiro atoms. The molecule has 3 aromatic carbocycles. The molecule has 0 saturated carbocycles. The Morgan fingerprint density at radius 3 is 2.35 bits per heavy atom. The van der Waals surface area contributed by atoms with E-state index in [-0.39, 0.29) is 11.0 Å². The van der Waals surface area contributed by atoms with E-state index in [9.17, 15) is 5.11 Å². The lowest BCUT2D eigenvalue weighted by Gasteiger charge is -2.32. The van der Waals surface area contributed by atoms with E-state index in [1.54, 1.807) is 0 Å². The number of nitrogens with one attached hydrogen (secondary N) is 1. The number of nitrogens with zero attached hydrogens (tertiary/aromatic N) is 4. The van der Waals surface area contributed by atoms with Gasteiger partial charge in [-0.15, -0.1) is 10.2 Å². The van der Waals surface area contributed by atoms with Crippen LogP contribution in [0.4, 0.5) is 11.4 Å². The summed E-state index contributed by atoms with van der Waals surface area (Å²) in [6.45, 7) is 6.68. The van der Waals surface area contributed by atoms with Crippen LogP contribution in [0.2, 0.25) is 0 Å². The van der Waals surface area contributed by atoms with E-state index in [0.29, 0.717) is 18.3 Å². The van der Waals surface area contributed by atoms with Crippen LogP contribution in [0, 0.1) is 19.8 Å². The summed E-state index contributed by atoms with van der Waals surface area (Å²) in [6, 6.07) is 24.7. The van der Waals surface area contributed by atoms with E-state index < -0.39 is 0 Å². The standard InChI is InChI=1S/C30H33N5OS/c1-21-9-8-10-22(2)27(21)31-30(37)33-32-28-25-13-6-7-14-26(25)35(29(28)36)20-34-17-15-24(16-18-34)19-23-11-4-3-5-12-23/h3-14,24,36H,15-20H2,1-2H3,(H,31,37). The summed E-state index contributed by atoms with van der Waals surface area (Å²) < 4.78 is 1.93. The maximum Gasteiger partial charge on any atom is 0.221 e. The van der Waals surface area contributed by atoms with Gasteiger partial charge in [0.1, 0.15) is 0 Å². The number of benzene rings is 3. The van der Waals surface area contributed by atoms with Gasteiger partial charge in [-0.3, -0.25) is 9.47 Å². The van der Waals surface area contributed by atoms with Crippen molar-refractivity contribution in [3.05, 3.63) is 89.5 Å². The van der Waals surface area contributed by atoms with E-state index in [2.05, 4.69) is 50.8 Å². The lowest BCUT2D eigenvalue weighted by Crippen LogP contribution is -2.35. The number of likely N-dealkylation sites (tertiary alicyclic amines) is 1. The Hall–Kier alpha value is -3.55. The first kappa shape index (κ1) is 25.1. The van der Waals surface area contributed by atoms with Crippen LogP contribution in [0.3, 0.4) is 0 Å². The van der Waals surface area contributed by atoms with Crippen LogP contribution in [0.25, 0.3) is 10.9 Å². The number of aromatic nitrogens is 1. The van der Waals surface area contributed by atoms with E-state index in [1.165, 1.54) is 5.56 Å². The third kappa shape index (κ3) is 5.73. The summed E-state index contributed by atoms with van der Waals surface area (Å²) in [5.74, 6) is 0.814. The highest BCUT2D eigenvalue weighted by atomic mass is 32.1. The van der Waals surface area contributed by atoms with Crippen molar-refractivity contribution in [2.75, 3.05) is 18.4 Å². The summed E-state index contributed by atoms with van der Waals surface area (Å²) in [4.78, 5) is 2.40. The van der Waals surface area contributed by atoms with Crippen LogP contribution in [0.1, 0.15) is 29.5 Å². The number of azo groups is 1. The molecule has 1 fully saturated rings. The predicted molar refractivity (Wildman–Crippen MR) is 155 cm³/mol. The normalized spacial score (nSPS) is 15.0. The molecule has 0 unspecified atom stereocenters. The van der Waals surface area contributed by atoms with E-state index in [0.717, 1.165) is 60.1 Å². The molecule has 1 saturated heterocycles. The fourth-order valence-corrected chi connectivity index (χ4v) is 5.37. The summed E-state index contributed by atoms with van der Waals surface area (Å²) in [5, 5.41) is 24.1. The zero-order chi connectivity index (χ0) is 25.8. The molecule has 2 N–H and O–H groups in total. The van der Waals surface area contributed by atoms with Gasteiger partial charge in [-0.1, -0.05) is 66.7 Å². The number of piperidine rings is 1. The highest BCUT2D eigenvalue weighted by Gasteiger charge is 2.23. The fraction of sp³-hybridized carbons (Fsp3) is 0.300. The molecule has 0 amide bonds. The second-order valence-corrected chi connectivity index (χ2v) is 10.3. The van der Waals surface area contributed by atoms with Crippen molar-refractivity contribution in [1.82, 2.24) is 9.47 Å². The molecule has 0 radical (unpaired) electrons. The van der Waals surface area contributed by atoms with Crippen LogP contribution >= 0.6 is 12.2 Å². The van der Waals surface area contributed by atoms with Crippen LogP contribution in [0.15, 0.2) is 83.0 Å². The first-order valence-corrected chi connectivity index (χ1v) is 13.3. The Labute approximate surface area is 223 Å². The molecular weight excluding hydrogens is 478 g/mol. The van der Waals surface area contributed by atoms with Crippen molar-refractivity contribution in [3.8, 4) is 5.88 Å². The maximum absolute atomic E-state index is 11.2. The minimum absolute atomic E-state index is 0.117. The number of aryl methyl sites for hydroxylation is 2. The maximum atomic E-state index is 11.2. The van der Waals surface area contributed by atoms with Gasteiger partial charge >= 0.3 is 0 Å². The van der Waals surface area contributed by atoms with Crippen molar-refractivity contribution in [2.45, 2.75) is 39.8 Å². The molecule has 190 valence electrons. The van der Waals surface area contributed by atoms with Gasteiger partial charge in [-0.2, -0.15) is 0 Å². The molecule has 1 aliphatic heterocycles. The predicted octanol–water partition coefficient (Wildman–Crippen LogP) is 7.36. The molecule has 0 aliphatic carbocycles. The highest BCUT2D eigenvalue weighted by Crippen LogP contribution is 2.39. The second-order valence-electron chi connectivity index (χ2n) is 9.91. The topological polar surface area (TPSA) is 65.2 Å². The van der Waals surface area contributed by atoms with Gasteiger partial charge in [0, 0.05) is 24.2 Å². The molecule has 0 bridgehead atoms. The van der Waals surface area contributed by atoms with Gasteiger partial charge in [-0.25, -0.2) is 0 Å². The zero-order valence-corrected chi connectivity index (χ0v) is 22.2. The quantitative estimate of drug-likeness (QED) is 0.210. The molecule has 0 atom stereocenters. The second kappa shape index (κ2) is 11.2. The first-order valence-electron chi connectivity index (χ1n) is 12.8. The zero-order valence-electron chi connectivity index (χ0n) is 21.4. The Morgan fingerprint density at radius 2 is 1.62 bits per heavy atom. The summed E-state index contributed by atoms with van der Waals surface area (Å²) in [5.41, 5.74) is 5.91. The molecule has 5 rings (SSSR count). The van der Waals surface area contributed by atoms with Crippen molar-refractivity contribution < 1.29 is 5.11 Å². The Bertz CT molecular complexity index is 1400. The molecule has 4 aromatic rings. The smallest absolute Gasteiger partial charge is 0.221 e. The minimum atomic E-state index is 0.117. The van der Waals surface area contributed by atoms with Gasteiger partial charge in [-0.05, 0) is 74.0 Å². The van der Waals surface area contributed by atoms with Crippen molar-refractivity contribution in [1.29, 1.82) is 0 Å². The van der Waals surface area contributed by atoms with Crippen molar-refractivity contribution >= 4 is 39.6 Å². The largest absolute Gasteiger partial charge is 0.493 e. The van der Waals surface area contributed by atoms with Crippen molar-refractivity contribution in [3.63, 3.8) is 0 Å². The Kier molecular flexibility index (Phi) is 7.63. The number of para-hydroxylation sites is 2. The average molecular weight is 512 g/mol. The Morgan fingerprint density at radius 1 is 0.946 bits per heavy atom. The van der Waals surface area contributed by atoms with E-state index in [1.807, 2.05) is 60.9 Å². The van der Waals surface area contributed by atoms with Crippen LogP contribution < -0.4 is 5.32 Å². The summed E-state index contributed by atoms with van der Waals surface area (Å²) >= 11 is 5.45. The minimum Gasteiger partial charge on any atom is -0.493 e. The van der Waals surface area contributed by atoms with Crippen LogP contribution in [-0.2, 0) is 13.1 Å². The highest BCUT2D eigenvalue weighted by molar-refractivity contribution is 7.80. The van der Waals surface area contributed by atoms with Gasteiger partial charge in [0.15, 0.2) is 5.69 Å². The average Bonchev–Trinajstić information content (AvgIpc) is 3.17. The number of fused-ring (bicyclic) bond motifs is 1. The number of aromatic hydroxyl groups is 1. The van der Waals surface area contributed by atoms with Gasteiger partial charge < -0.3 is 10.4 Å². The molecule has 6 nitrogen and oxygen atoms in total. The van der Waals surface area contributed by atoms with Crippen LogP contribution in [0.5, 0.6) is 5.88 Å². The van der Waals surface area contributed by atoms with Crippen molar-refractivity contribution in [2.24, 2.45) is 16.1 Å². The summed E-state index contributed by atoms with van der Waals surface area (Å²) in [7, 11) is 0. The first-order chi connectivity index (χ1) is 18.0. The number of rotatable bonds is 6. The van der Waals surface area contributed by atoms with Gasteiger partial charge in [0.25, 0.3) is 0 Å². The summed E-state index contributed by atoms with van der Waals surface area (Å²) in [6.07, 6.45) is 3.44. The third-order valence-corrected chi connectivity index (χ3v) is 7.47. The lowest BCUT2D eigenvalue weighted by molar-refractivity contribution is 0.145. The lowest BCUT2D eigenvalue weighted by atomic mass is 9.90.